The van der Waals surface area contributed by atoms with Gasteiger partial charge in [-0.05, 0) is 31.5 Å². The first-order valence-corrected chi connectivity index (χ1v) is 7.83. The van der Waals surface area contributed by atoms with Gasteiger partial charge in [-0.2, -0.15) is 5.26 Å². The summed E-state index contributed by atoms with van der Waals surface area (Å²) in [4.78, 5) is 20.5. The summed E-state index contributed by atoms with van der Waals surface area (Å²) in [5, 5.41) is 8.78. The Hall–Kier alpha value is -2.13. The van der Waals surface area contributed by atoms with Gasteiger partial charge in [-0.25, -0.2) is 4.98 Å². The average molecular weight is 301 g/mol. The molecule has 0 aliphatic carbocycles. The normalized spacial score (nSPS) is 14.7. The van der Waals surface area contributed by atoms with E-state index in [0.29, 0.717) is 18.5 Å². The van der Waals surface area contributed by atoms with Gasteiger partial charge in [-0.1, -0.05) is 6.42 Å². The summed E-state index contributed by atoms with van der Waals surface area (Å²) in [5.74, 6) is 1.11. The second-order valence-corrected chi connectivity index (χ2v) is 5.48. The third kappa shape index (κ3) is 4.43. The van der Waals surface area contributed by atoms with Crippen LogP contribution in [0.25, 0.3) is 0 Å². The predicted octanol–water partition coefficient (Wildman–Crippen LogP) is 1.12. The summed E-state index contributed by atoms with van der Waals surface area (Å²) in [5.41, 5.74) is 6.02. The van der Waals surface area contributed by atoms with E-state index in [4.69, 9.17) is 11.0 Å². The number of amides is 1. The number of unbranched alkanes of at least 4 members (excludes halogenated alkanes) is 2. The second kappa shape index (κ2) is 8.35. The van der Waals surface area contributed by atoms with Gasteiger partial charge in [0.15, 0.2) is 0 Å². The fourth-order valence-electron chi connectivity index (χ4n) is 2.58. The number of pyridine rings is 1. The standard InChI is InChI=1S/C16H23N5O/c17-7-3-1-2-4-16(22)21-10-8-20(9-11-21)15-6-5-14(12-18)13-19-15/h5-6,13H,1-4,7-11,17H2. The van der Waals surface area contributed by atoms with Gasteiger partial charge < -0.3 is 15.5 Å². The van der Waals surface area contributed by atoms with Crippen LogP contribution in [0.15, 0.2) is 18.3 Å². The third-order valence-electron chi connectivity index (χ3n) is 3.93. The lowest BCUT2D eigenvalue weighted by Crippen LogP contribution is -2.49. The van der Waals surface area contributed by atoms with Crippen LogP contribution in [0.2, 0.25) is 0 Å². The Morgan fingerprint density at radius 1 is 1.23 bits per heavy atom. The fourth-order valence-corrected chi connectivity index (χ4v) is 2.58. The largest absolute Gasteiger partial charge is 0.353 e. The van der Waals surface area contributed by atoms with Crippen LogP contribution in [0.3, 0.4) is 0 Å². The molecule has 0 unspecified atom stereocenters. The Kier molecular flexibility index (Phi) is 6.16. The van der Waals surface area contributed by atoms with Crippen LogP contribution in [0, 0.1) is 11.3 Å². The van der Waals surface area contributed by atoms with E-state index < -0.39 is 0 Å². The van der Waals surface area contributed by atoms with Crippen molar-refractivity contribution in [2.75, 3.05) is 37.6 Å². The maximum atomic E-state index is 12.1. The number of carbonyl (C=O) groups excluding carboxylic acids is 1. The van der Waals surface area contributed by atoms with Gasteiger partial charge in [0.2, 0.25) is 5.91 Å². The van der Waals surface area contributed by atoms with Gasteiger partial charge in [0.05, 0.1) is 5.56 Å². The van der Waals surface area contributed by atoms with Gasteiger partial charge in [0.25, 0.3) is 0 Å². The van der Waals surface area contributed by atoms with Gasteiger partial charge in [0.1, 0.15) is 11.9 Å². The second-order valence-electron chi connectivity index (χ2n) is 5.48. The van der Waals surface area contributed by atoms with Crippen LogP contribution >= 0.6 is 0 Å². The highest BCUT2D eigenvalue weighted by Gasteiger charge is 2.21. The van der Waals surface area contributed by atoms with Gasteiger partial charge in [-0.15, -0.1) is 0 Å². The summed E-state index contributed by atoms with van der Waals surface area (Å²) in [6.07, 6.45) is 5.15. The minimum absolute atomic E-state index is 0.240. The van der Waals surface area contributed by atoms with Crippen molar-refractivity contribution in [3.63, 3.8) is 0 Å². The smallest absolute Gasteiger partial charge is 0.222 e. The average Bonchev–Trinajstić information content (AvgIpc) is 2.59. The monoisotopic (exact) mass is 301 g/mol. The van der Waals surface area contributed by atoms with Gasteiger partial charge in [-0.3, -0.25) is 4.79 Å². The molecule has 2 N–H and O–H groups in total. The third-order valence-corrected chi connectivity index (χ3v) is 3.93. The summed E-state index contributed by atoms with van der Waals surface area (Å²) in [7, 11) is 0. The van der Waals surface area contributed by atoms with E-state index in [2.05, 4.69) is 16.0 Å². The predicted molar refractivity (Wildman–Crippen MR) is 85.3 cm³/mol. The molecular formula is C16H23N5O. The summed E-state index contributed by atoms with van der Waals surface area (Å²) in [6.45, 7) is 3.74. The molecule has 1 amide bonds. The number of rotatable bonds is 6. The molecule has 2 heterocycles. The van der Waals surface area contributed by atoms with Gasteiger partial charge in [0, 0.05) is 38.8 Å². The Balaban J connectivity index is 1.77. The van der Waals surface area contributed by atoms with Crippen LogP contribution in [-0.4, -0.2) is 48.5 Å². The Labute approximate surface area is 131 Å². The molecule has 6 heteroatoms. The van der Waals surface area contributed by atoms with E-state index in [9.17, 15) is 4.79 Å². The molecule has 0 bridgehead atoms. The van der Waals surface area contributed by atoms with E-state index >= 15 is 0 Å². The first-order valence-electron chi connectivity index (χ1n) is 7.83. The van der Waals surface area contributed by atoms with Crippen molar-refractivity contribution in [1.29, 1.82) is 5.26 Å². The van der Waals surface area contributed by atoms with Crippen LogP contribution in [0.5, 0.6) is 0 Å². The lowest BCUT2D eigenvalue weighted by Gasteiger charge is -2.35. The number of nitrogens with zero attached hydrogens (tertiary/aromatic N) is 4. The molecule has 0 radical (unpaired) electrons. The summed E-state index contributed by atoms with van der Waals surface area (Å²) >= 11 is 0. The molecule has 0 aromatic carbocycles. The number of nitrogens with two attached hydrogens (primary N) is 1. The van der Waals surface area contributed by atoms with E-state index in [1.54, 1.807) is 12.3 Å². The van der Waals surface area contributed by atoms with Crippen molar-refractivity contribution in [2.45, 2.75) is 25.7 Å². The zero-order valence-electron chi connectivity index (χ0n) is 12.9. The van der Waals surface area contributed by atoms with E-state index in [1.165, 1.54) is 0 Å². The molecule has 0 spiro atoms. The van der Waals surface area contributed by atoms with Crippen LogP contribution in [-0.2, 0) is 4.79 Å². The first kappa shape index (κ1) is 16.2. The van der Waals surface area contributed by atoms with Crippen LogP contribution in [0.1, 0.15) is 31.2 Å². The minimum Gasteiger partial charge on any atom is -0.353 e. The van der Waals surface area contributed by atoms with E-state index in [1.807, 2.05) is 11.0 Å². The van der Waals surface area contributed by atoms with E-state index in [0.717, 1.165) is 51.3 Å². The van der Waals surface area contributed by atoms with E-state index in [-0.39, 0.29) is 5.91 Å². The van der Waals surface area contributed by atoms with Crippen LogP contribution in [0.4, 0.5) is 5.82 Å². The van der Waals surface area contributed by atoms with Crippen molar-refractivity contribution < 1.29 is 4.79 Å². The Morgan fingerprint density at radius 3 is 2.59 bits per heavy atom. The lowest BCUT2D eigenvalue weighted by atomic mass is 10.1. The highest BCUT2D eigenvalue weighted by molar-refractivity contribution is 5.76. The number of hydrogen-bond acceptors (Lipinski definition) is 5. The minimum atomic E-state index is 0.240. The highest BCUT2D eigenvalue weighted by Crippen LogP contribution is 2.15. The molecule has 0 atom stereocenters. The van der Waals surface area contributed by atoms with Crippen molar-refractivity contribution in [2.24, 2.45) is 5.73 Å². The van der Waals surface area contributed by atoms with Crippen molar-refractivity contribution in [3.05, 3.63) is 23.9 Å². The Morgan fingerprint density at radius 2 is 2.00 bits per heavy atom. The molecule has 1 aromatic heterocycles. The zero-order valence-corrected chi connectivity index (χ0v) is 12.9. The SMILES string of the molecule is N#Cc1ccc(N2CCN(C(=O)CCCCCN)CC2)nc1. The number of hydrogen-bond donors (Lipinski definition) is 1. The van der Waals surface area contributed by atoms with Gasteiger partial charge >= 0.3 is 0 Å². The Bertz CT molecular complexity index is 514. The zero-order chi connectivity index (χ0) is 15.8. The van der Waals surface area contributed by atoms with Crippen molar-refractivity contribution >= 4 is 11.7 Å². The van der Waals surface area contributed by atoms with Crippen LogP contribution < -0.4 is 10.6 Å². The molecule has 0 saturated carbocycles. The number of carbonyl (C=O) groups is 1. The molecule has 1 aliphatic heterocycles. The van der Waals surface area contributed by atoms with Crippen molar-refractivity contribution in [1.82, 2.24) is 9.88 Å². The molecule has 22 heavy (non-hydrogen) atoms. The molecule has 1 saturated heterocycles. The lowest BCUT2D eigenvalue weighted by molar-refractivity contribution is -0.131. The fraction of sp³-hybridized carbons (Fsp3) is 0.562. The molecule has 2 rings (SSSR count). The number of nitriles is 1. The van der Waals surface area contributed by atoms with Crippen molar-refractivity contribution in [3.8, 4) is 6.07 Å². The molecule has 1 fully saturated rings. The number of piperazine rings is 1. The maximum absolute atomic E-state index is 12.1. The quantitative estimate of drug-likeness (QED) is 0.796. The first-order chi connectivity index (χ1) is 10.7. The molecule has 1 aromatic rings. The molecule has 118 valence electrons. The molecular weight excluding hydrogens is 278 g/mol. The highest BCUT2D eigenvalue weighted by atomic mass is 16.2. The number of aromatic nitrogens is 1. The number of anilines is 1. The molecule has 1 aliphatic rings. The topological polar surface area (TPSA) is 86.2 Å². The summed E-state index contributed by atoms with van der Waals surface area (Å²) in [6, 6.07) is 5.70. The maximum Gasteiger partial charge on any atom is 0.222 e. The molecule has 6 nitrogen and oxygen atoms in total. The summed E-state index contributed by atoms with van der Waals surface area (Å²) < 4.78 is 0.